The molecule has 3 aromatic rings. The van der Waals surface area contributed by atoms with Crippen molar-refractivity contribution in [2.45, 2.75) is 26.3 Å². The number of rotatable bonds is 2. The molecule has 0 unspecified atom stereocenters. The Morgan fingerprint density at radius 3 is 2.62 bits per heavy atom. The third kappa shape index (κ3) is 2.93. The fourth-order valence-electron chi connectivity index (χ4n) is 2.30. The Morgan fingerprint density at radius 2 is 1.96 bits per heavy atom. The summed E-state index contributed by atoms with van der Waals surface area (Å²) in [7, 11) is 0. The number of amides is 1. The molecule has 0 aliphatic carbocycles. The van der Waals surface area contributed by atoms with Gasteiger partial charge in [0, 0.05) is 3.57 Å². The number of aromatic nitrogens is 4. The monoisotopic (exact) mass is 437 g/mol. The van der Waals surface area contributed by atoms with E-state index in [9.17, 15) is 9.59 Å². The highest BCUT2D eigenvalue weighted by atomic mass is 127. The summed E-state index contributed by atoms with van der Waals surface area (Å²) >= 11 is 2.08. The molecule has 0 bridgehead atoms. The molecule has 0 aliphatic rings. The van der Waals surface area contributed by atoms with Crippen LogP contribution in [0.3, 0.4) is 0 Å². The van der Waals surface area contributed by atoms with Gasteiger partial charge in [-0.15, -0.1) is 0 Å². The van der Waals surface area contributed by atoms with Crippen molar-refractivity contribution in [2.75, 3.05) is 5.43 Å². The fourth-order valence-corrected chi connectivity index (χ4v) is 2.93. The summed E-state index contributed by atoms with van der Waals surface area (Å²) < 4.78 is 3.58. The van der Waals surface area contributed by atoms with Gasteiger partial charge < -0.3 is 0 Å². The molecule has 0 aliphatic heterocycles. The third-order valence-corrected chi connectivity index (χ3v) is 4.41. The first kappa shape index (κ1) is 16.6. The average molecular weight is 437 g/mol. The van der Waals surface area contributed by atoms with Crippen molar-refractivity contribution in [3.8, 4) is 0 Å². The van der Waals surface area contributed by atoms with Crippen molar-refractivity contribution in [1.82, 2.24) is 19.4 Å². The Morgan fingerprint density at radius 1 is 1.25 bits per heavy atom. The molecule has 0 saturated heterocycles. The molecule has 2 aromatic heterocycles. The fraction of sp³-hybridized carbons (Fsp3) is 0.250. The lowest BCUT2D eigenvalue weighted by Gasteiger charge is -2.19. The third-order valence-electron chi connectivity index (χ3n) is 3.46. The van der Waals surface area contributed by atoms with Crippen LogP contribution in [0.15, 0.2) is 41.6 Å². The number of nitrogens with one attached hydrogen (secondary N) is 1. The SMILES string of the molecule is CC(C)(C)n1ncc2c(=O)n(NC(=O)c3ccccc3I)cnc21. The van der Waals surface area contributed by atoms with Crippen molar-refractivity contribution >= 4 is 39.5 Å². The molecule has 0 radical (unpaired) electrons. The second kappa shape index (κ2) is 6.00. The van der Waals surface area contributed by atoms with Crippen LogP contribution in [-0.2, 0) is 5.54 Å². The summed E-state index contributed by atoms with van der Waals surface area (Å²) in [5.41, 5.74) is 2.90. The highest BCUT2D eigenvalue weighted by molar-refractivity contribution is 14.1. The molecule has 1 amide bonds. The summed E-state index contributed by atoms with van der Waals surface area (Å²) in [5.74, 6) is -0.369. The minimum absolute atomic E-state index is 0.295. The van der Waals surface area contributed by atoms with Crippen LogP contribution in [0, 0.1) is 3.57 Å². The van der Waals surface area contributed by atoms with Gasteiger partial charge in [-0.3, -0.25) is 15.0 Å². The van der Waals surface area contributed by atoms with E-state index in [2.05, 4.69) is 38.1 Å². The van der Waals surface area contributed by atoms with E-state index in [1.54, 1.807) is 16.8 Å². The van der Waals surface area contributed by atoms with Gasteiger partial charge >= 0.3 is 0 Å². The van der Waals surface area contributed by atoms with Crippen molar-refractivity contribution in [1.29, 1.82) is 0 Å². The molecule has 124 valence electrons. The highest BCUT2D eigenvalue weighted by Gasteiger charge is 2.20. The minimum Gasteiger partial charge on any atom is -0.267 e. The van der Waals surface area contributed by atoms with Crippen LogP contribution < -0.4 is 11.0 Å². The molecule has 8 heteroatoms. The van der Waals surface area contributed by atoms with Gasteiger partial charge in [-0.25, -0.2) is 14.3 Å². The summed E-state index contributed by atoms with van der Waals surface area (Å²) in [4.78, 5) is 29.2. The lowest BCUT2D eigenvalue weighted by molar-refractivity contribution is 0.101. The van der Waals surface area contributed by atoms with Crippen LogP contribution in [0.1, 0.15) is 31.1 Å². The van der Waals surface area contributed by atoms with E-state index in [1.807, 2.05) is 32.9 Å². The van der Waals surface area contributed by atoms with Gasteiger partial charge in [0.25, 0.3) is 11.5 Å². The molecule has 0 saturated carbocycles. The number of halogens is 1. The Labute approximate surface area is 151 Å². The lowest BCUT2D eigenvalue weighted by Crippen LogP contribution is -2.34. The maximum Gasteiger partial charge on any atom is 0.283 e. The predicted molar refractivity (Wildman–Crippen MR) is 99.6 cm³/mol. The molecule has 0 atom stereocenters. The van der Waals surface area contributed by atoms with Gasteiger partial charge in [0.05, 0.1) is 17.3 Å². The van der Waals surface area contributed by atoms with Gasteiger partial charge in [-0.05, 0) is 55.5 Å². The van der Waals surface area contributed by atoms with Crippen molar-refractivity contribution in [3.05, 3.63) is 56.3 Å². The van der Waals surface area contributed by atoms with Gasteiger partial charge in [-0.1, -0.05) is 12.1 Å². The summed E-state index contributed by atoms with van der Waals surface area (Å²) in [6, 6.07) is 7.15. The standard InChI is InChI=1S/C16H16IN5O2/c1-16(2,3)22-13-11(8-19-22)15(24)21(9-18-13)20-14(23)10-6-4-5-7-12(10)17/h4-9H,1-3H3,(H,20,23). The highest BCUT2D eigenvalue weighted by Crippen LogP contribution is 2.17. The Kier molecular flexibility index (Phi) is 4.16. The van der Waals surface area contributed by atoms with Crippen LogP contribution in [-0.4, -0.2) is 25.3 Å². The molecule has 2 heterocycles. The maximum absolute atomic E-state index is 12.6. The van der Waals surface area contributed by atoms with Crippen molar-refractivity contribution < 1.29 is 4.79 Å². The maximum atomic E-state index is 12.6. The second-order valence-electron chi connectivity index (χ2n) is 6.30. The number of carbonyl (C=O) groups excluding carboxylic acids is 1. The number of hydrogen-bond acceptors (Lipinski definition) is 4. The lowest BCUT2D eigenvalue weighted by atomic mass is 10.1. The van der Waals surface area contributed by atoms with Crippen LogP contribution in [0.5, 0.6) is 0 Å². The number of hydrogen-bond donors (Lipinski definition) is 1. The topological polar surface area (TPSA) is 81.8 Å². The van der Waals surface area contributed by atoms with Crippen molar-refractivity contribution in [3.63, 3.8) is 0 Å². The van der Waals surface area contributed by atoms with Gasteiger partial charge in [0.1, 0.15) is 11.7 Å². The molecular formula is C16H16IN5O2. The molecule has 3 rings (SSSR count). The van der Waals surface area contributed by atoms with Crippen LogP contribution in [0.4, 0.5) is 0 Å². The zero-order valence-electron chi connectivity index (χ0n) is 13.4. The summed E-state index contributed by atoms with van der Waals surface area (Å²) in [5, 5.41) is 4.60. The first-order valence-corrected chi connectivity index (χ1v) is 8.38. The molecule has 0 spiro atoms. The Hall–Kier alpha value is -2.23. The molecule has 7 nitrogen and oxygen atoms in total. The number of benzene rings is 1. The smallest absolute Gasteiger partial charge is 0.267 e. The predicted octanol–water partition coefficient (Wildman–Crippen LogP) is 2.34. The molecule has 1 N–H and O–H groups in total. The first-order valence-electron chi connectivity index (χ1n) is 7.31. The number of nitrogens with zero attached hydrogens (tertiary/aromatic N) is 4. The normalized spacial score (nSPS) is 11.7. The molecule has 24 heavy (non-hydrogen) atoms. The Bertz CT molecular complexity index is 984. The van der Waals surface area contributed by atoms with Crippen LogP contribution >= 0.6 is 22.6 Å². The number of carbonyl (C=O) groups is 1. The summed E-state index contributed by atoms with van der Waals surface area (Å²) in [6.45, 7) is 5.93. The van der Waals surface area contributed by atoms with E-state index in [1.165, 1.54) is 12.5 Å². The van der Waals surface area contributed by atoms with Gasteiger partial charge in [0.2, 0.25) is 0 Å². The van der Waals surface area contributed by atoms with Gasteiger partial charge in [-0.2, -0.15) is 5.10 Å². The molecular weight excluding hydrogens is 421 g/mol. The minimum atomic E-state index is -0.369. The number of fused-ring (bicyclic) bond motifs is 1. The quantitative estimate of drug-likeness (QED) is 0.625. The van der Waals surface area contributed by atoms with E-state index in [-0.39, 0.29) is 17.0 Å². The average Bonchev–Trinajstić information content (AvgIpc) is 2.95. The molecule has 0 fully saturated rings. The zero-order valence-corrected chi connectivity index (χ0v) is 15.6. The van der Waals surface area contributed by atoms with E-state index in [0.717, 1.165) is 8.25 Å². The van der Waals surface area contributed by atoms with Crippen LogP contribution in [0.2, 0.25) is 0 Å². The Balaban J connectivity index is 2.00. The van der Waals surface area contributed by atoms with Crippen LogP contribution in [0.25, 0.3) is 11.0 Å². The first-order chi connectivity index (χ1) is 11.3. The summed E-state index contributed by atoms with van der Waals surface area (Å²) in [6.07, 6.45) is 2.78. The second-order valence-corrected chi connectivity index (χ2v) is 7.47. The van der Waals surface area contributed by atoms with E-state index >= 15 is 0 Å². The molecule has 1 aromatic carbocycles. The van der Waals surface area contributed by atoms with E-state index in [0.29, 0.717) is 16.6 Å². The van der Waals surface area contributed by atoms with E-state index < -0.39 is 0 Å². The van der Waals surface area contributed by atoms with Crippen molar-refractivity contribution in [2.24, 2.45) is 0 Å². The van der Waals surface area contributed by atoms with E-state index in [4.69, 9.17) is 0 Å². The largest absolute Gasteiger partial charge is 0.283 e. The van der Waals surface area contributed by atoms with Gasteiger partial charge in [0.15, 0.2) is 5.65 Å². The zero-order chi connectivity index (χ0) is 17.5.